The SMILES string of the molecule is Nc1cc2[nH]c1c(-c1ccccc1)c1nc(c(-c3ccccc3)c3nc(c(-c4ccccc4)c4ccc([nH]4)c2-c2ccccc2)C=C3)C=C1. The van der Waals surface area contributed by atoms with E-state index in [-0.39, 0.29) is 0 Å². The first-order valence-corrected chi connectivity index (χ1v) is 16.4. The van der Waals surface area contributed by atoms with Crippen LogP contribution in [0.25, 0.3) is 90.9 Å². The first-order valence-electron chi connectivity index (χ1n) is 16.4. The molecule has 2 aliphatic heterocycles. The van der Waals surface area contributed by atoms with Crippen molar-refractivity contribution in [3.63, 3.8) is 0 Å². The highest BCUT2D eigenvalue weighted by Crippen LogP contribution is 2.39. The molecular weight excluding hydrogens is 599 g/mol. The number of benzene rings is 4. The molecule has 4 aromatic carbocycles. The minimum atomic E-state index is 0.647. The normalized spacial score (nSPS) is 12.0. The molecule has 5 nitrogen and oxygen atoms in total. The number of fused-ring (bicyclic) bond motifs is 8. The number of nitrogens with two attached hydrogens (primary N) is 1. The van der Waals surface area contributed by atoms with Gasteiger partial charge in [0.2, 0.25) is 0 Å². The highest BCUT2D eigenvalue weighted by atomic mass is 14.8. The number of aromatic nitrogens is 4. The monoisotopic (exact) mass is 629 g/mol. The van der Waals surface area contributed by atoms with E-state index in [4.69, 9.17) is 15.7 Å². The number of anilines is 1. The molecular formula is C44H31N5. The molecule has 0 saturated heterocycles. The van der Waals surface area contributed by atoms with Gasteiger partial charge in [-0.25, -0.2) is 9.97 Å². The fourth-order valence-corrected chi connectivity index (χ4v) is 6.94. The van der Waals surface area contributed by atoms with E-state index in [0.717, 1.165) is 89.4 Å². The topological polar surface area (TPSA) is 83.4 Å². The molecule has 4 N–H and O–H groups in total. The van der Waals surface area contributed by atoms with E-state index in [1.807, 2.05) is 42.5 Å². The number of hydrogen-bond donors (Lipinski definition) is 3. The fraction of sp³-hybridized carbons (Fsp3) is 0. The lowest BCUT2D eigenvalue weighted by Gasteiger charge is -2.07. The van der Waals surface area contributed by atoms with Crippen molar-refractivity contribution in [3.8, 4) is 44.5 Å². The Labute approximate surface area is 283 Å². The first-order chi connectivity index (χ1) is 24.2. The lowest BCUT2D eigenvalue weighted by atomic mass is 10.0. The molecule has 0 radical (unpaired) electrons. The van der Waals surface area contributed by atoms with Crippen LogP contribution in [0.1, 0.15) is 22.8 Å². The molecule has 3 aromatic heterocycles. The summed E-state index contributed by atoms with van der Waals surface area (Å²) >= 11 is 0. The second kappa shape index (κ2) is 11.8. The molecule has 232 valence electrons. The molecule has 0 unspecified atom stereocenters. The van der Waals surface area contributed by atoms with Crippen LogP contribution in [-0.2, 0) is 0 Å². The summed E-state index contributed by atoms with van der Waals surface area (Å²) in [6.07, 6.45) is 8.40. The third-order valence-corrected chi connectivity index (χ3v) is 9.15. The molecule has 7 aromatic rings. The van der Waals surface area contributed by atoms with Crippen LogP contribution >= 0.6 is 0 Å². The molecule has 0 spiro atoms. The Morgan fingerprint density at radius 3 is 1.27 bits per heavy atom. The summed E-state index contributed by atoms with van der Waals surface area (Å²) in [5.41, 5.74) is 22.8. The molecule has 0 amide bonds. The molecule has 0 saturated carbocycles. The van der Waals surface area contributed by atoms with Gasteiger partial charge in [-0.15, -0.1) is 0 Å². The molecule has 0 atom stereocenters. The molecule has 5 heteroatoms. The third-order valence-electron chi connectivity index (χ3n) is 9.15. The highest BCUT2D eigenvalue weighted by molar-refractivity contribution is 6.03. The van der Waals surface area contributed by atoms with Gasteiger partial charge in [-0.3, -0.25) is 0 Å². The van der Waals surface area contributed by atoms with Gasteiger partial charge in [-0.05, 0) is 64.8 Å². The standard InChI is InChI=1S/C44H31N5/c45-32-27-39-42(30-17-9-3-10-18-30)37-24-23-35(47-37)40(28-13-5-1-6-14-28)33-21-22-34(46-33)41(29-15-7-2-8-16-29)36-25-26-38(48-36)43(44(32)49-39)31-19-11-4-12-20-31/h1-27,47,49H,45H2. The number of aromatic amines is 2. The van der Waals surface area contributed by atoms with Crippen molar-refractivity contribution in [1.82, 2.24) is 19.9 Å². The van der Waals surface area contributed by atoms with Crippen molar-refractivity contribution in [2.75, 3.05) is 5.73 Å². The first kappa shape index (κ1) is 28.5. The summed E-state index contributed by atoms with van der Waals surface area (Å²) in [5.74, 6) is 0. The number of hydrogen-bond acceptors (Lipinski definition) is 3. The molecule has 5 heterocycles. The average molecular weight is 630 g/mol. The van der Waals surface area contributed by atoms with E-state index in [1.165, 1.54) is 0 Å². The number of nitrogens with one attached hydrogen (secondary N) is 2. The minimum Gasteiger partial charge on any atom is -0.397 e. The van der Waals surface area contributed by atoms with E-state index in [9.17, 15) is 0 Å². The molecule has 8 bridgehead atoms. The number of H-pyrrole nitrogens is 2. The van der Waals surface area contributed by atoms with Crippen LogP contribution in [0.4, 0.5) is 5.69 Å². The Morgan fingerprint density at radius 1 is 0.367 bits per heavy atom. The van der Waals surface area contributed by atoms with Gasteiger partial charge in [-0.2, -0.15) is 0 Å². The van der Waals surface area contributed by atoms with Crippen molar-refractivity contribution in [3.05, 3.63) is 162 Å². The Balaban J connectivity index is 1.51. The van der Waals surface area contributed by atoms with Gasteiger partial charge in [0.25, 0.3) is 0 Å². The molecule has 0 aliphatic carbocycles. The predicted octanol–water partition coefficient (Wildman–Crippen LogP) is 10.9. The smallest absolute Gasteiger partial charge is 0.0738 e. The van der Waals surface area contributed by atoms with Crippen LogP contribution in [0.2, 0.25) is 0 Å². The van der Waals surface area contributed by atoms with Crippen LogP contribution in [0, 0.1) is 0 Å². The summed E-state index contributed by atoms with van der Waals surface area (Å²) in [7, 11) is 0. The maximum Gasteiger partial charge on any atom is 0.0738 e. The number of nitrogen functional groups attached to an aromatic ring is 1. The second-order valence-corrected chi connectivity index (χ2v) is 12.2. The molecule has 9 rings (SSSR count). The quantitative estimate of drug-likeness (QED) is 0.181. The Hall–Kier alpha value is -6.72. The van der Waals surface area contributed by atoms with Crippen molar-refractivity contribution in [1.29, 1.82) is 0 Å². The zero-order valence-corrected chi connectivity index (χ0v) is 26.6. The van der Waals surface area contributed by atoms with Crippen LogP contribution in [0.3, 0.4) is 0 Å². The zero-order valence-electron chi connectivity index (χ0n) is 26.6. The van der Waals surface area contributed by atoms with E-state index >= 15 is 0 Å². The Morgan fingerprint density at radius 2 is 0.755 bits per heavy atom. The summed E-state index contributed by atoms with van der Waals surface area (Å²) in [4.78, 5) is 18.2. The average Bonchev–Trinajstić information content (AvgIpc) is 3.98. The largest absolute Gasteiger partial charge is 0.397 e. The lowest BCUT2D eigenvalue weighted by Crippen LogP contribution is -1.91. The van der Waals surface area contributed by atoms with E-state index in [0.29, 0.717) is 5.69 Å². The minimum absolute atomic E-state index is 0.647. The lowest BCUT2D eigenvalue weighted by molar-refractivity contribution is 1.28. The Bertz CT molecular complexity index is 2580. The molecule has 2 aliphatic rings. The van der Waals surface area contributed by atoms with Crippen molar-refractivity contribution < 1.29 is 0 Å². The Kier molecular flexibility index (Phi) is 6.87. The van der Waals surface area contributed by atoms with E-state index in [2.05, 4.69) is 131 Å². The van der Waals surface area contributed by atoms with Gasteiger partial charge in [0, 0.05) is 33.3 Å². The van der Waals surface area contributed by atoms with Crippen molar-refractivity contribution in [2.45, 2.75) is 0 Å². The van der Waals surface area contributed by atoms with Crippen LogP contribution in [0.5, 0.6) is 0 Å². The molecule has 0 fully saturated rings. The second-order valence-electron chi connectivity index (χ2n) is 12.2. The number of rotatable bonds is 4. The molecule has 49 heavy (non-hydrogen) atoms. The van der Waals surface area contributed by atoms with Gasteiger partial charge in [0.05, 0.1) is 39.5 Å². The van der Waals surface area contributed by atoms with Gasteiger partial charge >= 0.3 is 0 Å². The highest BCUT2D eigenvalue weighted by Gasteiger charge is 2.20. The van der Waals surface area contributed by atoms with Gasteiger partial charge in [0.1, 0.15) is 0 Å². The van der Waals surface area contributed by atoms with Crippen LogP contribution in [-0.4, -0.2) is 19.9 Å². The maximum atomic E-state index is 6.94. The third kappa shape index (κ3) is 5.05. The van der Waals surface area contributed by atoms with Gasteiger partial charge in [-0.1, -0.05) is 121 Å². The number of nitrogens with zero attached hydrogens (tertiary/aromatic N) is 2. The summed E-state index contributed by atoms with van der Waals surface area (Å²) in [6.45, 7) is 0. The van der Waals surface area contributed by atoms with E-state index < -0.39 is 0 Å². The van der Waals surface area contributed by atoms with Gasteiger partial charge < -0.3 is 15.7 Å². The predicted molar refractivity (Wildman–Crippen MR) is 205 cm³/mol. The summed E-state index contributed by atoms with van der Waals surface area (Å²) < 4.78 is 0. The van der Waals surface area contributed by atoms with Gasteiger partial charge in [0.15, 0.2) is 0 Å². The van der Waals surface area contributed by atoms with E-state index in [1.54, 1.807) is 0 Å². The van der Waals surface area contributed by atoms with Crippen molar-refractivity contribution in [2.24, 2.45) is 0 Å². The van der Waals surface area contributed by atoms with Crippen LogP contribution < -0.4 is 5.73 Å². The maximum absolute atomic E-state index is 6.94. The van der Waals surface area contributed by atoms with Crippen LogP contribution in [0.15, 0.2) is 140 Å². The zero-order chi connectivity index (χ0) is 32.7. The fourth-order valence-electron chi connectivity index (χ4n) is 6.94. The van der Waals surface area contributed by atoms with Crippen molar-refractivity contribution >= 4 is 52.1 Å². The summed E-state index contributed by atoms with van der Waals surface area (Å²) in [6, 6.07) is 47.9. The summed E-state index contributed by atoms with van der Waals surface area (Å²) in [5, 5.41) is 0.